The van der Waals surface area contributed by atoms with Crippen LogP contribution < -0.4 is 5.73 Å². The van der Waals surface area contributed by atoms with Gasteiger partial charge in [-0.15, -0.1) is 0 Å². The van der Waals surface area contributed by atoms with Crippen LogP contribution in [0.5, 0.6) is 0 Å². The molecule has 11 nitrogen and oxygen atoms in total. The van der Waals surface area contributed by atoms with Gasteiger partial charge in [-0.3, -0.25) is 9.36 Å². The number of carbonyl (C=O) groups is 1. The second kappa shape index (κ2) is 7.85. The normalized spacial score (nSPS) is 29.8. The first-order valence-corrected chi connectivity index (χ1v) is 16.2. The van der Waals surface area contributed by atoms with E-state index in [0.29, 0.717) is 11.2 Å². The molecule has 0 saturated carbocycles. The Morgan fingerprint density at radius 3 is 2.59 bits per heavy atom. The number of aromatic nitrogens is 4. The summed E-state index contributed by atoms with van der Waals surface area (Å²) in [5.41, 5.74) is 6.19. The van der Waals surface area contributed by atoms with Crippen molar-refractivity contribution in [2.45, 2.75) is 71.5 Å². The van der Waals surface area contributed by atoms with Gasteiger partial charge in [-0.1, -0.05) is 0 Å². The Labute approximate surface area is 189 Å². The van der Waals surface area contributed by atoms with Crippen molar-refractivity contribution in [1.29, 1.82) is 0 Å². The third-order valence-electron chi connectivity index (χ3n) is 5.31. The van der Waals surface area contributed by atoms with Gasteiger partial charge in [0.15, 0.2) is 23.8 Å². The van der Waals surface area contributed by atoms with Gasteiger partial charge in [-0.2, -0.15) is 0 Å². The first-order chi connectivity index (χ1) is 14.8. The molecule has 2 aromatic rings. The molecule has 0 unspecified atom stereocenters. The number of anilines is 1. The van der Waals surface area contributed by atoms with Crippen LogP contribution >= 0.6 is 0 Å². The fraction of sp³-hybridized carbons (Fsp3) is 0.684. The molecule has 2 aromatic heterocycles. The highest BCUT2D eigenvalue weighted by atomic mass is 28.5. The third kappa shape index (κ3) is 4.45. The fourth-order valence-electron chi connectivity index (χ4n) is 3.95. The van der Waals surface area contributed by atoms with Crippen molar-refractivity contribution < 1.29 is 27.2 Å². The van der Waals surface area contributed by atoms with Gasteiger partial charge in [0.05, 0.1) is 18.3 Å². The minimum Gasteiger partial charge on any atom is -0.454 e. The molecule has 32 heavy (non-hydrogen) atoms. The van der Waals surface area contributed by atoms with Gasteiger partial charge >= 0.3 is 23.1 Å². The van der Waals surface area contributed by atoms with E-state index in [1.54, 1.807) is 31.7 Å². The van der Waals surface area contributed by atoms with E-state index in [9.17, 15) is 4.79 Å². The molecule has 0 bridgehead atoms. The Balaban J connectivity index is 1.76. The van der Waals surface area contributed by atoms with Gasteiger partial charge in [0, 0.05) is 0 Å². The average molecular weight is 482 g/mol. The highest BCUT2D eigenvalue weighted by molar-refractivity contribution is 6.78. The van der Waals surface area contributed by atoms with Gasteiger partial charge in [0.2, 0.25) is 0 Å². The topological polar surface area (TPSA) is 133 Å². The lowest BCUT2D eigenvalue weighted by atomic mass is 9.97. The number of rotatable bonds is 2. The Kier molecular flexibility index (Phi) is 5.70. The van der Waals surface area contributed by atoms with Crippen LogP contribution in [0.15, 0.2) is 12.7 Å². The molecule has 2 aliphatic heterocycles. The van der Waals surface area contributed by atoms with E-state index in [1.165, 1.54) is 6.33 Å². The lowest BCUT2D eigenvalue weighted by Gasteiger charge is -2.40. The standard InChI is InChI=1S/C19H31N5O6Si2/c1-19(2,3)18(25)28-14-13-11(8-26-31(4,5)30-32(6,7)29-13)27-17(14)24-10-23-12-15(20)21-9-22-16(12)24/h9-11,13-14,17H,8H2,1-7H3,(H2,20,21,22)/t11-,13-,14-,17-/m1/s1. The third-order valence-corrected chi connectivity index (χ3v) is 10.9. The molecule has 0 aliphatic carbocycles. The van der Waals surface area contributed by atoms with Crippen molar-refractivity contribution in [3.63, 3.8) is 0 Å². The summed E-state index contributed by atoms with van der Waals surface area (Å²) in [5.74, 6) is -0.104. The van der Waals surface area contributed by atoms with E-state index in [-0.39, 0.29) is 18.4 Å². The van der Waals surface area contributed by atoms with Crippen molar-refractivity contribution in [2.24, 2.45) is 5.41 Å². The first-order valence-electron chi connectivity index (χ1n) is 10.6. The van der Waals surface area contributed by atoms with Gasteiger partial charge < -0.3 is 28.2 Å². The lowest BCUT2D eigenvalue weighted by Crippen LogP contribution is -2.57. The first kappa shape index (κ1) is 23.3. The van der Waals surface area contributed by atoms with Gasteiger partial charge in [0.25, 0.3) is 0 Å². The number of nitrogens with two attached hydrogens (primary N) is 1. The zero-order chi connectivity index (χ0) is 23.5. The predicted octanol–water partition coefficient (Wildman–Crippen LogP) is 2.10. The van der Waals surface area contributed by atoms with Gasteiger partial charge in [-0.25, -0.2) is 15.0 Å². The molecular formula is C19H31N5O6Si2. The molecule has 0 amide bonds. The van der Waals surface area contributed by atoms with E-state index in [0.717, 1.165) is 0 Å². The number of nitrogen functional groups attached to an aromatic ring is 1. The van der Waals surface area contributed by atoms with E-state index < -0.39 is 47.1 Å². The number of fused-ring (bicyclic) bond motifs is 2. The Bertz CT molecular complexity index is 1020. The smallest absolute Gasteiger partial charge is 0.323 e. The summed E-state index contributed by atoms with van der Waals surface area (Å²) in [5, 5.41) is 0. The van der Waals surface area contributed by atoms with Crippen molar-refractivity contribution in [1.82, 2.24) is 19.5 Å². The van der Waals surface area contributed by atoms with Crippen molar-refractivity contribution in [3.8, 4) is 0 Å². The Hall–Kier alpha value is -1.91. The molecule has 0 spiro atoms. The monoisotopic (exact) mass is 481 g/mol. The molecule has 0 radical (unpaired) electrons. The summed E-state index contributed by atoms with van der Waals surface area (Å²) in [7, 11) is -5.01. The maximum atomic E-state index is 12.9. The van der Waals surface area contributed by atoms with Crippen LogP contribution in [0.1, 0.15) is 27.0 Å². The molecule has 0 aromatic carbocycles. The maximum Gasteiger partial charge on any atom is 0.323 e. The SMILES string of the molecule is CC(C)(C)C(=O)O[C@@H]1[C@@H]2O[Si](C)(C)O[Si](C)(C)OC[C@H]2O[C@H]1n1cnc2c(N)ncnc21. The quantitative estimate of drug-likeness (QED) is 0.502. The number of ether oxygens (including phenoxy) is 2. The lowest BCUT2D eigenvalue weighted by molar-refractivity contribution is -0.167. The van der Waals surface area contributed by atoms with Crippen LogP contribution in [-0.4, -0.2) is 67.5 Å². The summed E-state index contributed by atoms with van der Waals surface area (Å²) in [6.07, 6.45) is 0.401. The Morgan fingerprint density at radius 2 is 1.91 bits per heavy atom. The number of nitrogens with zero attached hydrogens (tertiary/aromatic N) is 4. The number of imidazole rings is 1. The number of esters is 1. The molecule has 2 saturated heterocycles. The predicted molar refractivity (Wildman–Crippen MR) is 120 cm³/mol. The zero-order valence-electron chi connectivity index (χ0n) is 19.5. The molecule has 4 rings (SSSR count). The summed E-state index contributed by atoms with van der Waals surface area (Å²) in [6, 6.07) is 0. The summed E-state index contributed by atoms with van der Waals surface area (Å²) in [4.78, 5) is 25.6. The second-order valence-corrected chi connectivity index (χ2v) is 17.0. The molecule has 2 fully saturated rings. The van der Waals surface area contributed by atoms with Crippen molar-refractivity contribution in [3.05, 3.63) is 12.7 Å². The number of hydrogen-bond donors (Lipinski definition) is 1. The summed E-state index contributed by atoms with van der Waals surface area (Å²) < 4.78 is 33.1. The zero-order valence-corrected chi connectivity index (χ0v) is 21.5. The maximum absolute atomic E-state index is 12.9. The average Bonchev–Trinajstić information content (AvgIpc) is 3.20. The van der Waals surface area contributed by atoms with Crippen LogP contribution in [0.4, 0.5) is 5.82 Å². The van der Waals surface area contributed by atoms with E-state index in [4.69, 9.17) is 28.2 Å². The second-order valence-electron chi connectivity index (χ2n) is 10.1. The van der Waals surface area contributed by atoms with E-state index in [1.807, 2.05) is 26.2 Å². The van der Waals surface area contributed by atoms with Crippen LogP contribution in [-0.2, 0) is 27.2 Å². The highest BCUT2D eigenvalue weighted by Gasteiger charge is 2.55. The minimum atomic E-state index is -2.62. The number of carbonyl (C=O) groups excluding carboxylic acids is 1. The van der Waals surface area contributed by atoms with Crippen LogP contribution in [0.25, 0.3) is 11.2 Å². The van der Waals surface area contributed by atoms with E-state index in [2.05, 4.69) is 15.0 Å². The molecule has 4 heterocycles. The van der Waals surface area contributed by atoms with Crippen molar-refractivity contribution >= 4 is 40.1 Å². The fourth-order valence-corrected chi connectivity index (χ4v) is 10.6. The molecule has 4 atom stereocenters. The molecule has 176 valence electrons. The van der Waals surface area contributed by atoms with Gasteiger partial charge in [0.1, 0.15) is 24.1 Å². The largest absolute Gasteiger partial charge is 0.454 e. The summed E-state index contributed by atoms with van der Waals surface area (Å²) >= 11 is 0. The Morgan fingerprint density at radius 1 is 1.19 bits per heavy atom. The van der Waals surface area contributed by atoms with Gasteiger partial charge in [-0.05, 0) is 47.0 Å². The summed E-state index contributed by atoms with van der Waals surface area (Å²) in [6.45, 7) is 13.6. The van der Waals surface area contributed by atoms with Crippen molar-refractivity contribution in [2.75, 3.05) is 12.3 Å². The molecule has 2 aliphatic rings. The number of hydrogen-bond acceptors (Lipinski definition) is 10. The van der Waals surface area contributed by atoms with Crippen LogP contribution in [0.3, 0.4) is 0 Å². The van der Waals surface area contributed by atoms with E-state index >= 15 is 0 Å². The van der Waals surface area contributed by atoms with Crippen LogP contribution in [0.2, 0.25) is 26.2 Å². The highest BCUT2D eigenvalue weighted by Crippen LogP contribution is 2.40. The van der Waals surface area contributed by atoms with Crippen LogP contribution in [0, 0.1) is 5.41 Å². The molecule has 2 N–H and O–H groups in total. The molecule has 13 heteroatoms. The molecular weight excluding hydrogens is 450 g/mol. The minimum absolute atomic E-state index is 0.260.